The molecule has 0 amide bonds. The van der Waals surface area contributed by atoms with Crippen molar-refractivity contribution < 1.29 is 0 Å². The third kappa shape index (κ3) is 1.11. The zero-order valence-corrected chi connectivity index (χ0v) is 7.07. The van der Waals surface area contributed by atoms with E-state index in [0.29, 0.717) is 5.82 Å². The maximum Gasteiger partial charge on any atom is 0.177 e. The second-order valence-electron chi connectivity index (χ2n) is 2.57. The average molecular weight is 195 g/mol. The van der Waals surface area contributed by atoms with E-state index in [1.165, 1.54) is 4.68 Å². The summed E-state index contributed by atoms with van der Waals surface area (Å²) in [6, 6.07) is 0. The third-order valence-corrected chi connectivity index (χ3v) is 1.68. The minimum absolute atomic E-state index is 0.0262. The lowest BCUT2D eigenvalue weighted by molar-refractivity contribution is 0.591. The number of hydrazine groups is 2. The SMILES string of the molecule is N=c1c(N)c(N)nnn1C1=CNNN1. The molecule has 0 radical (unpaired) electrons. The van der Waals surface area contributed by atoms with Crippen LogP contribution >= 0.6 is 0 Å². The molecule has 0 aromatic carbocycles. The number of rotatable bonds is 1. The van der Waals surface area contributed by atoms with Gasteiger partial charge in [0.05, 0.1) is 6.20 Å². The van der Waals surface area contributed by atoms with Crippen LogP contribution in [0, 0.1) is 5.41 Å². The van der Waals surface area contributed by atoms with Crippen molar-refractivity contribution >= 4 is 17.3 Å². The summed E-state index contributed by atoms with van der Waals surface area (Å²) < 4.78 is 1.21. The first-order valence-electron chi connectivity index (χ1n) is 3.73. The summed E-state index contributed by atoms with van der Waals surface area (Å²) in [7, 11) is 0. The van der Waals surface area contributed by atoms with Crippen LogP contribution in [-0.4, -0.2) is 15.0 Å². The molecule has 0 unspecified atom stereocenters. The van der Waals surface area contributed by atoms with Gasteiger partial charge >= 0.3 is 0 Å². The Hall–Kier alpha value is -2.29. The highest BCUT2D eigenvalue weighted by molar-refractivity contribution is 5.56. The van der Waals surface area contributed by atoms with Gasteiger partial charge in [-0.3, -0.25) is 10.8 Å². The Labute approximate surface area is 78.2 Å². The minimum Gasteiger partial charge on any atom is -0.393 e. The third-order valence-electron chi connectivity index (χ3n) is 1.68. The van der Waals surface area contributed by atoms with Gasteiger partial charge in [-0.15, -0.1) is 10.6 Å². The van der Waals surface area contributed by atoms with Crippen molar-refractivity contribution in [3.63, 3.8) is 0 Å². The molecule has 1 aromatic rings. The lowest BCUT2D eigenvalue weighted by atomic mass is 10.5. The molecule has 0 fully saturated rings. The van der Waals surface area contributed by atoms with Crippen LogP contribution in [-0.2, 0) is 0 Å². The fourth-order valence-electron chi connectivity index (χ4n) is 0.950. The van der Waals surface area contributed by atoms with Crippen LogP contribution < -0.4 is 33.3 Å². The molecule has 9 heteroatoms. The van der Waals surface area contributed by atoms with Crippen LogP contribution in [0.15, 0.2) is 6.20 Å². The van der Waals surface area contributed by atoms with Crippen molar-refractivity contribution in [3.8, 4) is 0 Å². The van der Waals surface area contributed by atoms with E-state index < -0.39 is 0 Å². The molecule has 0 saturated carbocycles. The fraction of sp³-hybridized carbons (Fsp3) is 0. The van der Waals surface area contributed by atoms with Gasteiger partial charge in [-0.25, -0.2) is 0 Å². The Morgan fingerprint density at radius 2 is 2.21 bits per heavy atom. The summed E-state index contributed by atoms with van der Waals surface area (Å²) in [5.41, 5.74) is 18.9. The number of nitrogens with one attached hydrogen (secondary N) is 4. The Morgan fingerprint density at radius 1 is 1.43 bits per heavy atom. The van der Waals surface area contributed by atoms with Crippen LogP contribution in [0.5, 0.6) is 0 Å². The molecule has 0 bridgehead atoms. The summed E-state index contributed by atoms with van der Waals surface area (Å²) in [6.07, 6.45) is 1.57. The van der Waals surface area contributed by atoms with E-state index in [-0.39, 0.29) is 17.0 Å². The Bertz CT molecular complexity index is 443. The highest BCUT2D eigenvalue weighted by atomic mass is 15.7. The predicted molar refractivity (Wildman–Crippen MR) is 48.4 cm³/mol. The zero-order valence-electron chi connectivity index (χ0n) is 7.07. The summed E-state index contributed by atoms with van der Waals surface area (Å²) in [5, 5.41) is 14.9. The number of hydrogen-bond acceptors (Lipinski definition) is 8. The second-order valence-corrected chi connectivity index (χ2v) is 2.57. The Kier molecular flexibility index (Phi) is 1.71. The van der Waals surface area contributed by atoms with E-state index in [1.807, 2.05) is 0 Å². The summed E-state index contributed by atoms with van der Waals surface area (Å²) >= 11 is 0. The van der Waals surface area contributed by atoms with Gasteiger partial charge in [-0.05, 0) is 0 Å². The van der Waals surface area contributed by atoms with Crippen LogP contribution in [0.25, 0.3) is 5.82 Å². The number of anilines is 2. The number of nitrogens with zero attached hydrogens (tertiary/aromatic N) is 3. The lowest BCUT2D eigenvalue weighted by Gasteiger charge is -2.06. The van der Waals surface area contributed by atoms with Crippen LogP contribution in [0.2, 0.25) is 0 Å². The van der Waals surface area contributed by atoms with E-state index in [9.17, 15) is 0 Å². The smallest absolute Gasteiger partial charge is 0.177 e. The van der Waals surface area contributed by atoms with Gasteiger partial charge in [0.25, 0.3) is 0 Å². The molecular weight excluding hydrogens is 186 g/mol. The first kappa shape index (κ1) is 8.31. The summed E-state index contributed by atoms with van der Waals surface area (Å²) in [5.74, 6) is 0.556. The maximum absolute atomic E-state index is 7.62. The molecule has 2 rings (SSSR count). The monoisotopic (exact) mass is 195 g/mol. The summed E-state index contributed by atoms with van der Waals surface area (Å²) in [6.45, 7) is 0. The second kappa shape index (κ2) is 2.88. The Balaban J connectivity index is 2.55. The standard InChI is InChI=1S/C5H9N9/c6-3-4(7)11-13-14(5(3)8)2-1-9-12-10-2/h1,8-10,12H,6-7H2. The van der Waals surface area contributed by atoms with Gasteiger partial charge in [0, 0.05) is 0 Å². The number of aromatic nitrogens is 3. The zero-order chi connectivity index (χ0) is 10.1. The topological polar surface area (TPSA) is 143 Å². The molecular formula is C5H9N9. The molecule has 0 spiro atoms. The van der Waals surface area contributed by atoms with Gasteiger partial charge in [0.1, 0.15) is 5.69 Å². The van der Waals surface area contributed by atoms with Gasteiger partial charge < -0.3 is 16.9 Å². The van der Waals surface area contributed by atoms with Gasteiger partial charge in [-0.2, -0.15) is 4.68 Å². The lowest BCUT2D eigenvalue weighted by Crippen LogP contribution is -2.36. The average Bonchev–Trinajstić information content (AvgIpc) is 2.67. The van der Waals surface area contributed by atoms with Crippen molar-refractivity contribution in [3.05, 3.63) is 11.7 Å². The summed E-state index contributed by atoms with van der Waals surface area (Å²) in [4.78, 5) is 0. The minimum atomic E-state index is -0.0262. The van der Waals surface area contributed by atoms with Gasteiger partial charge in [0.2, 0.25) is 0 Å². The number of nitrogens with two attached hydrogens (primary N) is 2. The van der Waals surface area contributed by atoms with Crippen LogP contribution in [0.1, 0.15) is 0 Å². The normalized spacial score (nSPS) is 14.4. The van der Waals surface area contributed by atoms with Crippen molar-refractivity contribution in [2.75, 3.05) is 11.5 Å². The molecule has 2 heterocycles. The largest absolute Gasteiger partial charge is 0.393 e. The van der Waals surface area contributed by atoms with Crippen molar-refractivity contribution in [2.45, 2.75) is 0 Å². The van der Waals surface area contributed by atoms with E-state index in [4.69, 9.17) is 16.9 Å². The Morgan fingerprint density at radius 3 is 2.86 bits per heavy atom. The number of nitrogen functional groups attached to an aromatic ring is 2. The molecule has 0 atom stereocenters. The van der Waals surface area contributed by atoms with Crippen molar-refractivity contribution in [1.82, 2.24) is 31.4 Å². The number of hydrogen-bond donors (Lipinski definition) is 6. The molecule has 8 N–H and O–H groups in total. The highest BCUT2D eigenvalue weighted by Crippen LogP contribution is 2.02. The van der Waals surface area contributed by atoms with E-state index in [1.54, 1.807) is 6.20 Å². The molecule has 74 valence electrons. The van der Waals surface area contributed by atoms with E-state index >= 15 is 0 Å². The van der Waals surface area contributed by atoms with E-state index in [2.05, 4.69) is 26.7 Å². The quantitative estimate of drug-likeness (QED) is 0.286. The molecule has 1 aliphatic heterocycles. The van der Waals surface area contributed by atoms with Crippen molar-refractivity contribution in [2.24, 2.45) is 0 Å². The van der Waals surface area contributed by atoms with Crippen LogP contribution in [0.3, 0.4) is 0 Å². The molecule has 0 saturated heterocycles. The van der Waals surface area contributed by atoms with E-state index in [0.717, 1.165) is 0 Å². The molecule has 0 aliphatic carbocycles. The molecule has 1 aliphatic rings. The highest BCUT2D eigenvalue weighted by Gasteiger charge is 2.10. The maximum atomic E-state index is 7.62. The first-order valence-corrected chi connectivity index (χ1v) is 3.73. The van der Waals surface area contributed by atoms with Gasteiger partial charge in [0.15, 0.2) is 17.1 Å². The van der Waals surface area contributed by atoms with Gasteiger partial charge in [-0.1, -0.05) is 5.21 Å². The molecule has 9 nitrogen and oxygen atoms in total. The molecule has 14 heavy (non-hydrogen) atoms. The van der Waals surface area contributed by atoms with Crippen molar-refractivity contribution in [1.29, 1.82) is 5.41 Å². The van der Waals surface area contributed by atoms with Crippen LogP contribution in [0.4, 0.5) is 11.5 Å². The predicted octanol–water partition coefficient (Wildman–Crippen LogP) is -2.71. The first-order chi connectivity index (χ1) is 6.70. The fourth-order valence-corrected chi connectivity index (χ4v) is 0.950. The molecule has 1 aromatic heterocycles.